The second-order valence-corrected chi connectivity index (χ2v) is 7.43. The fraction of sp³-hybridized carbons (Fsp3) is 0.769. The highest BCUT2D eigenvalue weighted by atomic mass is 32.2. The molecular weight excluding hydrogens is 278 g/mol. The highest BCUT2D eigenvalue weighted by Gasteiger charge is 2.32. The van der Waals surface area contributed by atoms with Gasteiger partial charge in [0.15, 0.2) is 0 Å². The van der Waals surface area contributed by atoms with Crippen LogP contribution in [0.25, 0.3) is 0 Å². The summed E-state index contributed by atoms with van der Waals surface area (Å²) < 4.78 is 33.4. The normalized spacial score (nSPS) is 22.9. The summed E-state index contributed by atoms with van der Waals surface area (Å²) in [7, 11) is 0.222. The van der Waals surface area contributed by atoms with Gasteiger partial charge in [0.25, 0.3) is 0 Å². The van der Waals surface area contributed by atoms with E-state index in [1.165, 1.54) is 7.11 Å². The molecule has 7 heteroatoms. The molecular formula is C13H23N3O3S. The van der Waals surface area contributed by atoms with Gasteiger partial charge in [-0.1, -0.05) is 0 Å². The van der Waals surface area contributed by atoms with Gasteiger partial charge < -0.3 is 9.30 Å². The minimum Gasteiger partial charge on any atom is -0.381 e. The van der Waals surface area contributed by atoms with Gasteiger partial charge in [0.05, 0.1) is 11.9 Å². The van der Waals surface area contributed by atoms with E-state index in [1.807, 2.05) is 17.8 Å². The number of rotatable bonds is 5. The maximum Gasteiger partial charge on any atom is 0.216 e. The minimum absolute atomic E-state index is 0.0385. The monoisotopic (exact) mass is 301 g/mol. The number of aromatic nitrogens is 2. The summed E-state index contributed by atoms with van der Waals surface area (Å²) >= 11 is 0. The lowest BCUT2D eigenvalue weighted by molar-refractivity contribution is 0.134. The second kappa shape index (κ2) is 6.24. The van der Waals surface area contributed by atoms with Crippen LogP contribution in [-0.2, 0) is 21.8 Å². The van der Waals surface area contributed by atoms with Crippen molar-refractivity contribution in [1.29, 1.82) is 0 Å². The Morgan fingerprint density at radius 1 is 1.55 bits per heavy atom. The lowest BCUT2D eigenvalue weighted by Gasteiger charge is -2.32. The maximum absolute atomic E-state index is 12.4. The Labute approximate surface area is 120 Å². The summed E-state index contributed by atoms with van der Waals surface area (Å²) in [6.07, 6.45) is 5.23. The molecule has 0 bridgehead atoms. The van der Waals surface area contributed by atoms with E-state index in [0.717, 1.165) is 18.7 Å². The summed E-state index contributed by atoms with van der Waals surface area (Å²) in [5.74, 6) is 1.18. The molecule has 0 unspecified atom stereocenters. The van der Waals surface area contributed by atoms with Gasteiger partial charge in [-0.2, -0.15) is 0 Å². The number of aryl methyl sites for hydroxylation is 1. The molecule has 0 spiro atoms. The minimum atomic E-state index is -3.26. The van der Waals surface area contributed by atoms with Crippen molar-refractivity contribution in [2.45, 2.75) is 31.8 Å². The zero-order chi connectivity index (χ0) is 14.8. The number of piperidine rings is 1. The molecule has 2 atom stereocenters. The lowest BCUT2D eigenvalue weighted by Crippen LogP contribution is -2.42. The highest BCUT2D eigenvalue weighted by molar-refractivity contribution is 7.89. The van der Waals surface area contributed by atoms with E-state index in [4.69, 9.17) is 4.74 Å². The molecule has 1 aliphatic rings. The fourth-order valence-electron chi connectivity index (χ4n) is 2.65. The van der Waals surface area contributed by atoms with E-state index in [9.17, 15) is 8.42 Å². The number of imidazole rings is 1. The molecule has 2 rings (SSSR count). The molecule has 0 aliphatic carbocycles. The van der Waals surface area contributed by atoms with Crippen LogP contribution >= 0.6 is 0 Å². The van der Waals surface area contributed by atoms with Gasteiger partial charge in [-0.15, -0.1) is 0 Å². The first-order valence-electron chi connectivity index (χ1n) is 6.92. The highest BCUT2D eigenvalue weighted by Crippen LogP contribution is 2.27. The zero-order valence-electron chi connectivity index (χ0n) is 12.3. The molecule has 1 aromatic rings. The molecule has 1 aromatic heterocycles. The largest absolute Gasteiger partial charge is 0.381 e. The molecule has 1 aliphatic heterocycles. The molecule has 0 amide bonds. The van der Waals surface area contributed by atoms with E-state index in [0.29, 0.717) is 13.1 Å². The van der Waals surface area contributed by atoms with Crippen molar-refractivity contribution in [3.63, 3.8) is 0 Å². The fourth-order valence-corrected chi connectivity index (χ4v) is 4.40. The van der Waals surface area contributed by atoms with Crippen LogP contribution in [-0.4, -0.2) is 54.3 Å². The summed E-state index contributed by atoms with van der Waals surface area (Å²) in [5, 5.41) is 0. The average Bonchev–Trinajstić information content (AvgIpc) is 2.84. The number of hydrogen-bond donors (Lipinski definition) is 0. The average molecular weight is 301 g/mol. The third kappa shape index (κ3) is 3.39. The Morgan fingerprint density at radius 2 is 2.30 bits per heavy atom. The van der Waals surface area contributed by atoms with Gasteiger partial charge in [-0.3, -0.25) is 0 Å². The van der Waals surface area contributed by atoms with Gasteiger partial charge >= 0.3 is 0 Å². The molecule has 1 saturated heterocycles. The van der Waals surface area contributed by atoms with E-state index < -0.39 is 10.0 Å². The van der Waals surface area contributed by atoms with Crippen LogP contribution in [0.2, 0.25) is 0 Å². The summed E-state index contributed by atoms with van der Waals surface area (Å²) in [6, 6.07) is 0. The van der Waals surface area contributed by atoms with Crippen molar-refractivity contribution in [2.24, 2.45) is 7.05 Å². The van der Waals surface area contributed by atoms with Crippen LogP contribution < -0.4 is 0 Å². The first-order valence-corrected chi connectivity index (χ1v) is 8.53. The van der Waals surface area contributed by atoms with Gasteiger partial charge in [0, 0.05) is 45.6 Å². The summed E-state index contributed by atoms with van der Waals surface area (Å²) in [5.41, 5.74) is 0. The molecule has 6 nitrogen and oxygen atoms in total. The number of methoxy groups -OCH3 is 1. The Hall–Kier alpha value is -0.920. The SMILES string of the molecule is CO[C@@H](C)CS(=O)(=O)N1CCC[C@@H](c2nccn2C)C1. The predicted molar refractivity (Wildman–Crippen MR) is 77.0 cm³/mol. The van der Waals surface area contributed by atoms with Crippen molar-refractivity contribution in [3.8, 4) is 0 Å². The van der Waals surface area contributed by atoms with Gasteiger partial charge in [-0.05, 0) is 19.8 Å². The molecule has 0 radical (unpaired) electrons. The number of hydrogen-bond acceptors (Lipinski definition) is 4. The van der Waals surface area contributed by atoms with Crippen LogP contribution in [0.5, 0.6) is 0 Å². The molecule has 0 aromatic carbocycles. The van der Waals surface area contributed by atoms with Crippen molar-refractivity contribution >= 4 is 10.0 Å². The third-order valence-corrected chi connectivity index (χ3v) is 5.86. The van der Waals surface area contributed by atoms with E-state index in [2.05, 4.69) is 4.98 Å². The Morgan fingerprint density at radius 3 is 2.90 bits per heavy atom. The smallest absolute Gasteiger partial charge is 0.216 e. The molecule has 0 saturated carbocycles. The van der Waals surface area contributed by atoms with E-state index in [-0.39, 0.29) is 17.8 Å². The Bertz CT molecular complexity index is 541. The van der Waals surface area contributed by atoms with Crippen molar-refractivity contribution in [2.75, 3.05) is 26.0 Å². The second-order valence-electron chi connectivity index (χ2n) is 5.42. The summed E-state index contributed by atoms with van der Waals surface area (Å²) in [6.45, 7) is 2.89. The third-order valence-electron chi connectivity index (χ3n) is 3.85. The first kappa shape index (κ1) is 15.5. The lowest BCUT2D eigenvalue weighted by atomic mass is 9.99. The number of ether oxygens (including phenoxy) is 1. The molecule has 1 fully saturated rings. The molecule has 2 heterocycles. The van der Waals surface area contributed by atoms with E-state index >= 15 is 0 Å². The molecule has 114 valence electrons. The maximum atomic E-state index is 12.4. The van der Waals surface area contributed by atoms with Crippen molar-refractivity contribution < 1.29 is 13.2 Å². The summed E-state index contributed by atoms with van der Waals surface area (Å²) in [4.78, 5) is 4.35. The first-order chi connectivity index (χ1) is 9.44. The van der Waals surface area contributed by atoms with Crippen LogP contribution in [0, 0.1) is 0 Å². The van der Waals surface area contributed by atoms with E-state index in [1.54, 1.807) is 17.4 Å². The number of sulfonamides is 1. The van der Waals surface area contributed by atoms with Crippen molar-refractivity contribution in [1.82, 2.24) is 13.9 Å². The van der Waals surface area contributed by atoms with Crippen LogP contribution in [0.1, 0.15) is 31.5 Å². The van der Waals surface area contributed by atoms with Crippen molar-refractivity contribution in [3.05, 3.63) is 18.2 Å². The number of nitrogens with zero attached hydrogens (tertiary/aromatic N) is 3. The predicted octanol–water partition coefficient (Wildman–Crippen LogP) is 0.964. The van der Waals surface area contributed by atoms with Crippen LogP contribution in [0.4, 0.5) is 0 Å². The molecule has 20 heavy (non-hydrogen) atoms. The van der Waals surface area contributed by atoms with Gasteiger partial charge in [-0.25, -0.2) is 17.7 Å². The Kier molecular flexibility index (Phi) is 4.82. The standard InChI is InChI=1S/C13H23N3O3S/c1-11(19-3)10-20(17,18)16-7-4-5-12(9-16)13-14-6-8-15(13)2/h6,8,11-12H,4-5,7,9-10H2,1-3H3/t11-,12+/m0/s1. The van der Waals surface area contributed by atoms with Gasteiger partial charge in [0.1, 0.15) is 5.82 Å². The van der Waals surface area contributed by atoms with Gasteiger partial charge in [0.2, 0.25) is 10.0 Å². The molecule has 0 N–H and O–H groups in total. The quantitative estimate of drug-likeness (QED) is 0.813. The Balaban J connectivity index is 2.09. The zero-order valence-corrected chi connectivity index (χ0v) is 13.1. The van der Waals surface area contributed by atoms with Crippen LogP contribution in [0.3, 0.4) is 0 Å². The topological polar surface area (TPSA) is 64.4 Å². The van der Waals surface area contributed by atoms with Crippen LogP contribution in [0.15, 0.2) is 12.4 Å².